The molecule has 13 heavy (non-hydrogen) atoms. The van der Waals surface area contributed by atoms with E-state index in [0.29, 0.717) is 0 Å². The molecule has 78 valence electrons. The Bertz CT molecular complexity index is 132. The standard InChI is InChI=1S/C10H20BrNS/c1-2-13-8-4-7-12-6-3-5-10(12)9-11/h10H,2-9H2,1H3. The Labute approximate surface area is 94.8 Å². The predicted molar refractivity (Wildman–Crippen MR) is 66.0 cm³/mol. The lowest BCUT2D eigenvalue weighted by Gasteiger charge is -2.22. The fraction of sp³-hybridized carbons (Fsp3) is 1.00. The fourth-order valence-electron chi connectivity index (χ4n) is 1.88. The Morgan fingerprint density at radius 3 is 3.08 bits per heavy atom. The Morgan fingerprint density at radius 1 is 1.54 bits per heavy atom. The summed E-state index contributed by atoms with van der Waals surface area (Å²) in [5.41, 5.74) is 0. The monoisotopic (exact) mass is 265 g/mol. The maximum atomic E-state index is 3.59. The van der Waals surface area contributed by atoms with Crippen LogP contribution in [-0.4, -0.2) is 40.9 Å². The highest BCUT2D eigenvalue weighted by Gasteiger charge is 2.22. The van der Waals surface area contributed by atoms with Crippen LogP contribution in [0.5, 0.6) is 0 Å². The van der Waals surface area contributed by atoms with Gasteiger partial charge in [0.1, 0.15) is 0 Å². The van der Waals surface area contributed by atoms with E-state index in [0.717, 1.165) is 11.4 Å². The average molecular weight is 266 g/mol. The van der Waals surface area contributed by atoms with Crippen LogP contribution in [0, 0.1) is 0 Å². The number of likely N-dealkylation sites (tertiary alicyclic amines) is 1. The van der Waals surface area contributed by atoms with Gasteiger partial charge in [-0.25, -0.2) is 0 Å². The quantitative estimate of drug-likeness (QED) is 0.537. The van der Waals surface area contributed by atoms with Crippen molar-refractivity contribution in [1.29, 1.82) is 0 Å². The van der Waals surface area contributed by atoms with Crippen molar-refractivity contribution in [2.24, 2.45) is 0 Å². The first-order valence-corrected chi connectivity index (χ1v) is 7.54. The predicted octanol–water partition coefficient (Wildman–Crippen LogP) is 2.99. The zero-order valence-corrected chi connectivity index (χ0v) is 10.9. The maximum absolute atomic E-state index is 3.59. The molecule has 1 nitrogen and oxygen atoms in total. The number of halogens is 1. The summed E-state index contributed by atoms with van der Waals surface area (Å²) in [6, 6.07) is 0.826. The number of nitrogens with zero attached hydrogens (tertiary/aromatic N) is 1. The minimum atomic E-state index is 0.826. The lowest BCUT2D eigenvalue weighted by molar-refractivity contribution is 0.275. The first-order valence-electron chi connectivity index (χ1n) is 5.26. The van der Waals surface area contributed by atoms with Gasteiger partial charge in [0.25, 0.3) is 0 Å². The first kappa shape index (κ1) is 11.9. The normalized spacial score (nSPS) is 24.0. The molecule has 0 amide bonds. The number of rotatable bonds is 6. The maximum Gasteiger partial charge on any atom is 0.0193 e. The van der Waals surface area contributed by atoms with Crippen LogP contribution in [-0.2, 0) is 0 Å². The van der Waals surface area contributed by atoms with Crippen molar-refractivity contribution in [2.75, 3.05) is 29.9 Å². The van der Waals surface area contributed by atoms with E-state index in [1.165, 1.54) is 43.9 Å². The van der Waals surface area contributed by atoms with Gasteiger partial charge in [-0.2, -0.15) is 11.8 Å². The zero-order valence-electron chi connectivity index (χ0n) is 8.47. The van der Waals surface area contributed by atoms with Crippen LogP contribution in [0.4, 0.5) is 0 Å². The zero-order chi connectivity index (χ0) is 9.52. The van der Waals surface area contributed by atoms with Gasteiger partial charge in [0, 0.05) is 11.4 Å². The highest BCUT2D eigenvalue weighted by molar-refractivity contribution is 9.09. The van der Waals surface area contributed by atoms with Crippen molar-refractivity contribution in [3.05, 3.63) is 0 Å². The smallest absolute Gasteiger partial charge is 0.0193 e. The molecule has 0 spiro atoms. The summed E-state index contributed by atoms with van der Waals surface area (Å²) in [4.78, 5) is 2.64. The summed E-state index contributed by atoms with van der Waals surface area (Å²) >= 11 is 5.65. The summed E-state index contributed by atoms with van der Waals surface area (Å²) in [5, 5.41) is 1.16. The van der Waals surface area contributed by atoms with E-state index >= 15 is 0 Å². The van der Waals surface area contributed by atoms with Crippen LogP contribution in [0.1, 0.15) is 26.2 Å². The molecule has 1 aliphatic heterocycles. The van der Waals surface area contributed by atoms with Gasteiger partial charge in [0.05, 0.1) is 0 Å². The molecule has 1 rings (SSSR count). The van der Waals surface area contributed by atoms with Gasteiger partial charge in [0.15, 0.2) is 0 Å². The number of alkyl halides is 1. The van der Waals surface area contributed by atoms with Crippen LogP contribution in [0.15, 0.2) is 0 Å². The molecule has 1 atom stereocenters. The molecule has 0 N–H and O–H groups in total. The van der Waals surface area contributed by atoms with E-state index in [1.807, 2.05) is 0 Å². The van der Waals surface area contributed by atoms with Crippen molar-refractivity contribution in [3.63, 3.8) is 0 Å². The first-order chi connectivity index (χ1) is 6.38. The third kappa shape index (κ3) is 4.22. The highest BCUT2D eigenvalue weighted by Crippen LogP contribution is 2.19. The van der Waals surface area contributed by atoms with Crippen LogP contribution in [0.25, 0.3) is 0 Å². The van der Waals surface area contributed by atoms with E-state index in [4.69, 9.17) is 0 Å². The van der Waals surface area contributed by atoms with Crippen molar-refractivity contribution in [2.45, 2.75) is 32.2 Å². The molecule has 0 radical (unpaired) electrons. The summed E-state index contributed by atoms with van der Waals surface area (Å²) in [6.45, 7) is 4.87. The van der Waals surface area contributed by atoms with Gasteiger partial charge in [-0.05, 0) is 43.9 Å². The molecule has 0 aromatic carbocycles. The van der Waals surface area contributed by atoms with Gasteiger partial charge >= 0.3 is 0 Å². The van der Waals surface area contributed by atoms with Gasteiger partial charge in [-0.15, -0.1) is 0 Å². The van der Waals surface area contributed by atoms with Gasteiger partial charge in [-0.1, -0.05) is 22.9 Å². The molecule has 0 bridgehead atoms. The van der Waals surface area contributed by atoms with E-state index < -0.39 is 0 Å². The van der Waals surface area contributed by atoms with Gasteiger partial charge in [-0.3, -0.25) is 4.90 Å². The second-order valence-electron chi connectivity index (χ2n) is 3.54. The Hall–Kier alpha value is 0.790. The third-order valence-electron chi connectivity index (χ3n) is 2.62. The Kier molecular flexibility index (Phi) is 6.51. The average Bonchev–Trinajstić information content (AvgIpc) is 2.60. The van der Waals surface area contributed by atoms with Crippen molar-refractivity contribution in [1.82, 2.24) is 4.90 Å². The molecule has 1 heterocycles. The minimum Gasteiger partial charge on any atom is -0.300 e. The number of hydrogen-bond donors (Lipinski definition) is 0. The third-order valence-corrected chi connectivity index (χ3v) is 4.35. The number of hydrogen-bond acceptors (Lipinski definition) is 2. The van der Waals surface area contributed by atoms with Crippen molar-refractivity contribution in [3.8, 4) is 0 Å². The Morgan fingerprint density at radius 2 is 2.38 bits per heavy atom. The SMILES string of the molecule is CCSCCCN1CCCC1CBr. The highest BCUT2D eigenvalue weighted by atomic mass is 79.9. The molecule has 1 saturated heterocycles. The van der Waals surface area contributed by atoms with E-state index in [2.05, 4.69) is 39.5 Å². The summed E-state index contributed by atoms with van der Waals surface area (Å²) < 4.78 is 0. The second-order valence-corrected chi connectivity index (χ2v) is 5.58. The topological polar surface area (TPSA) is 3.24 Å². The molecule has 1 aliphatic rings. The molecular formula is C10H20BrNS. The largest absolute Gasteiger partial charge is 0.300 e. The molecule has 1 unspecified atom stereocenters. The van der Waals surface area contributed by atoms with E-state index in [9.17, 15) is 0 Å². The lowest BCUT2D eigenvalue weighted by Crippen LogP contribution is -2.31. The van der Waals surface area contributed by atoms with Gasteiger partial charge < -0.3 is 0 Å². The summed E-state index contributed by atoms with van der Waals surface area (Å²) in [5.74, 6) is 2.60. The minimum absolute atomic E-state index is 0.826. The van der Waals surface area contributed by atoms with E-state index in [-0.39, 0.29) is 0 Å². The summed E-state index contributed by atoms with van der Waals surface area (Å²) in [6.07, 6.45) is 4.16. The molecule has 0 aromatic rings. The lowest BCUT2D eigenvalue weighted by atomic mass is 10.2. The Balaban J connectivity index is 2.06. The second kappa shape index (κ2) is 7.13. The van der Waals surface area contributed by atoms with Crippen LogP contribution in [0.2, 0.25) is 0 Å². The molecule has 3 heteroatoms. The fourth-order valence-corrected chi connectivity index (χ4v) is 3.23. The molecular weight excluding hydrogens is 246 g/mol. The van der Waals surface area contributed by atoms with Crippen molar-refractivity contribution < 1.29 is 0 Å². The van der Waals surface area contributed by atoms with E-state index in [1.54, 1.807) is 0 Å². The molecule has 0 aromatic heterocycles. The van der Waals surface area contributed by atoms with Gasteiger partial charge in [0.2, 0.25) is 0 Å². The van der Waals surface area contributed by atoms with Crippen LogP contribution < -0.4 is 0 Å². The van der Waals surface area contributed by atoms with Crippen molar-refractivity contribution >= 4 is 27.7 Å². The van der Waals surface area contributed by atoms with Crippen LogP contribution in [0.3, 0.4) is 0 Å². The van der Waals surface area contributed by atoms with Crippen LogP contribution >= 0.6 is 27.7 Å². The molecule has 0 saturated carbocycles. The number of thioether (sulfide) groups is 1. The molecule has 1 fully saturated rings. The summed E-state index contributed by atoms with van der Waals surface area (Å²) in [7, 11) is 0. The molecule has 0 aliphatic carbocycles.